The Hall–Kier alpha value is -3.23. The van der Waals surface area contributed by atoms with Crippen molar-refractivity contribution in [2.24, 2.45) is 0 Å². The van der Waals surface area contributed by atoms with Gasteiger partial charge < -0.3 is 4.90 Å². The van der Waals surface area contributed by atoms with Gasteiger partial charge >= 0.3 is 0 Å². The van der Waals surface area contributed by atoms with E-state index in [1.165, 1.54) is 24.3 Å². The molecular formula is C22H19N3O3S2. The van der Waals surface area contributed by atoms with Gasteiger partial charge in [-0.25, -0.2) is 13.4 Å². The second-order valence-electron chi connectivity index (χ2n) is 6.73. The lowest BCUT2D eigenvalue weighted by atomic mass is 10.2. The van der Waals surface area contributed by atoms with Crippen molar-refractivity contribution in [3.05, 3.63) is 89.4 Å². The minimum absolute atomic E-state index is 0.0942. The molecule has 30 heavy (non-hydrogen) atoms. The third-order valence-electron chi connectivity index (χ3n) is 4.49. The Bertz CT molecular complexity index is 1250. The molecule has 1 N–H and O–H groups in total. The van der Waals surface area contributed by atoms with Crippen molar-refractivity contribution in [2.75, 3.05) is 11.8 Å². The lowest BCUT2D eigenvalue weighted by Gasteiger charge is -2.16. The number of hydrogen-bond acceptors (Lipinski definition) is 5. The van der Waals surface area contributed by atoms with Crippen molar-refractivity contribution in [1.29, 1.82) is 0 Å². The summed E-state index contributed by atoms with van der Waals surface area (Å²) in [6.45, 7) is 0.383. The van der Waals surface area contributed by atoms with Crippen molar-refractivity contribution in [2.45, 2.75) is 11.4 Å². The molecule has 3 aromatic carbocycles. The Kier molecular flexibility index (Phi) is 5.52. The first-order chi connectivity index (χ1) is 14.4. The lowest BCUT2D eigenvalue weighted by Crippen LogP contribution is -2.26. The predicted molar refractivity (Wildman–Crippen MR) is 119 cm³/mol. The van der Waals surface area contributed by atoms with E-state index in [0.717, 1.165) is 15.2 Å². The number of carbonyl (C=O) groups is 1. The smallest absolute Gasteiger partial charge is 0.261 e. The zero-order valence-electron chi connectivity index (χ0n) is 16.1. The van der Waals surface area contributed by atoms with Crippen LogP contribution >= 0.6 is 11.3 Å². The molecule has 0 aliphatic rings. The second-order valence-corrected chi connectivity index (χ2v) is 9.53. The zero-order valence-corrected chi connectivity index (χ0v) is 17.8. The lowest BCUT2D eigenvalue weighted by molar-refractivity contribution is 0.0785. The quantitative estimate of drug-likeness (QED) is 0.486. The molecule has 0 bridgehead atoms. The van der Waals surface area contributed by atoms with Crippen molar-refractivity contribution < 1.29 is 13.2 Å². The number of sulfonamides is 1. The minimum Gasteiger partial charge on any atom is -0.335 e. The summed E-state index contributed by atoms with van der Waals surface area (Å²) < 4.78 is 28.7. The summed E-state index contributed by atoms with van der Waals surface area (Å²) in [7, 11) is -2.02. The molecule has 1 amide bonds. The number of anilines is 1. The van der Waals surface area contributed by atoms with E-state index in [9.17, 15) is 13.2 Å². The number of nitrogens with one attached hydrogen (secondary N) is 1. The number of aromatic nitrogens is 1. The average Bonchev–Trinajstić information content (AvgIpc) is 3.16. The molecule has 0 unspecified atom stereocenters. The third-order valence-corrected chi connectivity index (χ3v) is 6.91. The summed E-state index contributed by atoms with van der Waals surface area (Å²) in [6, 6.07) is 22.4. The third kappa shape index (κ3) is 4.34. The van der Waals surface area contributed by atoms with Crippen LogP contribution in [0.4, 0.5) is 5.69 Å². The van der Waals surface area contributed by atoms with Gasteiger partial charge in [0.2, 0.25) is 0 Å². The standard InChI is InChI=1S/C22H19N3O3S2/c1-25(15-21-23-19-9-5-6-10-20(19)29-21)22(26)16-11-13-18(14-12-16)30(27,28)24-17-7-3-2-4-8-17/h2-14,24H,15H2,1H3. The molecule has 8 heteroatoms. The molecule has 152 valence electrons. The van der Waals surface area contributed by atoms with Crippen LogP contribution < -0.4 is 4.72 Å². The van der Waals surface area contributed by atoms with Crippen LogP contribution in [0, 0.1) is 0 Å². The van der Waals surface area contributed by atoms with Crippen LogP contribution in [-0.2, 0) is 16.6 Å². The summed E-state index contributed by atoms with van der Waals surface area (Å²) >= 11 is 1.55. The van der Waals surface area contributed by atoms with Gasteiger partial charge in [-0.2, -0.15) is 0 Å². The van der Waals surface area contributed by atoms with Crippen LogP contribution in [0.25, 0.3) is 10.2 Å². The maximum atomic E-state index is 12.8. The molecule has 0 atom stereocenters. The van der Waals surface area contributed by atoms with Gasteiger partial charge in [-0.15, -0.1) is 11.3 Å². The number of thiazole rings is 1. The summed E-state index contributed by atoms with van der Waals surface area (Å²) in [4.78, 5) is 19.0. The molecule has 0 aliphatic heterocycles. The van der Waals surface area contributed by atoms with Crippen LogP contribution in [0.5, 0.6) is 0 Å². The first-order valence-corrected chi connectivity index (χ1v) is 11.5. The van der Waals surface area contributed by atoms with Crippen LogP contribution in [0.1, 0.15) is 15.4 Å². The number of nitrogens with zero attached hydrogens (tertiary/aromatic N) is 2. The van der Waals surface area contributed by atoms with Gasteiger partial charge in [0.1, 0.15) is 5.01 Å². The van der Waals surface area contributed by atoms with E-state index in [1.54, 1.807) is 47.5 Å². The van der Waals surface area contributed by atoms with Crippen LogP contribution in [0.15, 0.2) is 83.8 Å². The number of amides is 1. The maximum absolute atomic E-state index is 12.8. The fourth-order valence-corrected chi connectivity index (χ4v) is 5.06. The number of rotatable bonds is 6. The highest BCUT2D eigenvalue weighted by Gasteiger charge is 2.17. The highest BCUT2D eigenvalue weighted by atomic mass is 32.2. The first-order valence-electron chi connectivity index (χ1n) is 9.20. The summed E-state index contributed by atoms with van der Waals surface area (Å²) in [5.74, 6) is -0.200. The fourth-order valence-electron chi connectivity index (χ4n) is 2.98. The van der Waals surface area contributed by atoms with Gasteiger partial charge in [0, 0.05) is 18.3 Å². The minimum atomic E-state index is -3.72. The van der Waals surface area contributed by atoms with Gasteiger partial charge in [0.25, 0.3) is 15.9 Å². The number of fused-ring (bicyclic) bond motifs is 1. The fraction of sp³-hybridized carbons (Fsp3) is 0.0909. The Morgan fingerprint density at radius 1 is 0.967 bits per heavy atom. The largest absolute Gasteiger partial charge is 0.335 e. The van der Waals surface area contributed by atoms with E-state index >= 15 is 0 Å². The van der Waals surface area contributed by atoms with E-state index in [0.29, 0.717) is 17.8 Å². The van der Waals surface area contributed by atoms with Crippen LogP contribution in [-0.4, -0.2) is 31.3 Å². The van der Waals surface area contributed by atoms with Crippen molar-refractivity contribution in [3.8, 4) is 0 Å². The molecular weight excluding hydrogens is 418 g/mol. The molecule has 0 saturated heterocycles. The molecule has 0 saturated carbocycles. The van der Waals surface area contributed by atoms with Gasteiger partial charge in [-0.05, 0) is 48.5 Å². The van der Waals surface area contributed by atoms with E-state index in [4.69, 9.17) is 0 Å². The number of para-hydroxylation sites is 2. The molecule has 4 rings (SSSR count). The zero-order chi connectivity index (χ0) is 21.1. The SMILES string of the molecule is CN(Cc1nc2ccccc2s1)C(=O)c1ccc(S(=O)(=O)Nc2ccccc2)cc1. The molecule has 4 aromatic rings. The average molecular weight is 438 g/mol. The summed E-state index contributed by atoms with van der Waals surface area (Å²) in [5, 5.41) is 0.846. The molecule has 1 aromatic heterocycles. The van der Waals surface area contributed by atoms with Crippen molar-refractivity contribution >= 4 is 43.2 Å². The van der Waals surface area contributed by atoms with E-state index in [1.807, 2.05) is 30.3 Å². The van der Waals surface area contributed by atoms with Gasteiger partial charge in [0.05, 0.1) is 21.7 Å². The highest BCUT2D eigenvalue weighted by molar-refractivity contribution is 7.92. The van der Waals surface area contributed by atoms with Gasteiger partial charge in [0.15, 0.2) is 0 Å². The Morgan fingerprint density at radius 2 is 1.63 bits per heavy atom. The molecule has 6 nitrogen and oxygen atoms in total. The molecule has 0 spiro atoms. The first kappa shape index (κ1) is 20.1. The monoisotopic (exact) mass is 437 g/mol. The van der Waals surface area contributed by atoms with E-state index in [2.05, 4.69) is 9.71 Å². The number of hydrogen-bond donors (Lipinski definition) is 1. The summed E-state index contributed by atoms with van der Waals surface area (Å²) in [6.07, 6.45) is 0. The van der Waals surface area contributed by atoms with E-state index in [-0.39, 0.29) is 10.8 Å². The highest BCUT2D eigenvalue weighted by Crippen LogP contribution is 2.23. The van der Waals surface area contributed by atoms with Crippen molar-refractivity contribution in [1.82, 2.24) is 9.88 Å². The Labute approximate surface area is 178 Å². The normalized spacial score (nSPS) is 11.4. The second kappa shape index (κ2) is 8.25. The topological polar surface area (TPSA) is 79.4 Å². The molecule has 0 aliphatic carbocycles. The maximum Gasteiger partial charge on any atom is 0.261 e. The predicted octanol–water partition coefficient (Wildman–Crippen LogP) is 4.37. The van der Waals surface area contributed by atoms with E-state index < -0.39 is 10.0 Å². The Balaban J connectivity index is 1.46. The van der Waals surface area contributed by atoms with Gasteiger partial charge in [-0.1, -0.05) is 30.3 Å². The molecule has 1 heterocycles. The number of carbonyl (C=O) groups excluding carboxylic acids is 1. The summed E-state index contributed by atoms with van der Waals surface area (Å²) in [5.41, 5.74) is 1.81. The van der Waals surface area contributed by atoms with Gasteiger partial charge in [-0.3, -0.25) is 9.52 Å². The van der Waals surface area contributed by atoms with Crippen molar-refractivity contribution in [3.63, 3.8) is 0 Å². The van der Waals surface area contributed by atoms with Crippen LogP contribution in [0.3, 0.4) is 0 Å². The number of benzene rings is 3. The molecule has 0 radical (unpaired) electrons. The van der Waals surface area contributed by atoms with Crippen LogP contribution in [0.2, 0.25) is 0 Å². The Morgan fingerprint density at radius 3 is 2.33 bits per heavy atom. The molecule has 0 fully saturated rings.